The number of rotatable bonds is 2. The van der Waals surface area contributed by atoms with E-state index < -0.39 is 0 Å². The summed E-state index contributed by atoms with van der Waals surface area (Å²) in [5, 5.41) is 0. The molecule has 1 atom stereocenters. The second kappa shape index (κ2) is 5.12. The topological polar surface area (TPSA) is 12.5 Å². The predicted molar refractivity (Wildman–Crippen MR) is 75.5 cm³/mol. The Morgan fingerprint density at radius 2 is 1.94 bits per heavy atom. The van der Waals surface area contributed by atoms with Crippen molar-refractivity contribution in [2.75, 3.05) is 4.90 Å². The van der Waals surface area contributed by atoms with Gasteiger partial charge in [-0.3, -0.25) is 4.18 Å². The number of nitrogens with zero attached hydrogens (tertiary/aromatic N) is 1. The molecule has 0 amide bonds. The number of thiol groups is 1. The molecule has 0 saturated heterocycles. The lowest BCUT2D eigenvalue weighted by Crippen LogP contribution is -2.40. The van der Waals surface area contributed by atoms with Gasteiger partial charge >= 0.3 is 0 Å². The number of hydrogen-bond acceptors (Lipinski definition) is 4. The summed E-state index contributed by atoms with van der Waals surface area (Å²) in [7, 11) is 0. The normalized spacial score (nSPS) is 25.0. The van der Waals surface area contributed by atoms with E-state index in [0.29, 0.717) is 6.04 Å². The molecular formula is C13H17NOS2. The first-order chi connectivity index (χ1) is 8.40. The second-order valence-corrected chi connectivity index (χ2v) is 5.99. The van der Waals surface area contributed by atoms with Gasteiger partial charge in [-0.2, -0.15) is 0 Å². The Labute approximate surface area is 112 Å². The van der Waals surface area contributed by atoms with Crippen LogP contribution in [-0.4, -0.2) is 11.6 Å². The zero-order valence-corrected chi connectivity index (χ0v) is 11.4. The van der Waals surface area contributed by atoms with Crippen molar-refractivity contribution in [1.29, 1.82) is 0 Å². The van der Waals surface area contributed by atoms with E-state index in [1.54, 1.807) is 11.8 Å². The number of anilines is 1. The van der Waals surface area contributed by atoms with Gasteiger partial charge in [-0.15, -0.1) is 0 Å². The first kappa shape index (κ1) is 11.8. The molecule has 1 fully saturated rings. The minimum atomic E-state index is 0.0406. The molecule has 17 heavy (non-hydrogen) atoms. The van der Waals surface area contributed by atoms with E-state index in [-0.39, 0.29) is 5.56 Å². The second-order valence-electron chi connectivity index (χ2n) is 4.70. The van der Waals surface area contributed by atoms with Gasteiger partial charge in [0.2, 0.25) is 0 Å². The summed E-state index contributed by atoms with van der Waals surface area (Å²) in [6, 6.07) is 9.19. The molecule has 1 aliphatic heterocycles. The highest BCUT2D eigenvalue weighted by molar-refractivity contribution is 8.00. The van der Waals surface area contributed by atoms with Crippen molar-refractivity contribution in [2.45, 2.75) is 48.6 Å². The van der Waals surface area contributed by atoms with Crippen molar-refractivity contribution in [3.63, 3.8) is 0 Å². The predicted octanol–water partition coefficient (Wildman–Crippen LogP) is 4.08. The van der Waals surface area contributed by atoms with Crippen LogP contribution >= 0.6 is 24.7 Å². The average molecular weight is 267 g/mol. The summed E-state index contributed by atoms with van der Waals surface area (Å²) in [5.41, 5.74) is 1.36. The lowest BCUT2D eigenvalue weighted by Gasteiger charge is -2.35. The molecule has 0 spiro atoms. The number of hydrogen-bond donors (Lipinski definition) is 1. The third kappa shape index (κ3) is 2.18. The molecule has 1 saturated carbocycles. The quantitative estimate of drug-likeness (QED) is 0.641. The molecule has 1 aliphatic carbocycles. The molecule has 1 unspecified atom stereocenters. The Morgan fingerprint density at radius 3 is 2.71 bits per heavy atom. The van der Waals surface area contributed by atoms with Crippen molar-refractivity contribution < 1.29 is 4.18 Å². The van der Waals surface area contributed by atoms with Crippen LogP contribution in [0.3, 0.4) is 0 Å². The minimum Gasteiger partial charge on any atom is -0.332 e. The molecule has 2 nitrogen and oxygen atoms in total. The fraction of sp³-hybridized carbons (Fsp3) is 0.538. The number of thioether (sulfide) groups is 1. The van der Waals surface area contributed by atoms with Gasteiger partial charge in [-0.1, -0.05) is 43.2 Å². The van der Waals surface area contributed by atoms with Crippen molar-refractivity contribution in [3.05, 3.63) is 24.3 Å². The molecule has 2 aliphatic rings. The standard InChI is InChI=1S/C13H17NOS2/c16-15-13-14(10-6-2-1-3-7-10)11-8-4-5-9-12(11)17-13/h4-5,8-10,13,16H,1-3,6-7H2. The summed E-state index contributed by atoms with van der Waals surface area (Å²) in [6.07, 6.45) is 6.62. The summed E-state index contributed by atoms with van der Waals surface area (Å²) in [5.74, 6) is 0. The molecule has 0 N–H and O–H groups in total. The van der Waals surface area contributed by atoms with E-state index in [1.165, 1.54) is 42.7 Å². The molecule has 1 heterocycles. The maximum atomic E-state index is 5.34. The molecule has 0 radical (unpaired) electrons. The monoisotopic (exact) mass is 267 g/mol. The Morgan fingerprint density at radius 1 is 1.18 bits per heavy atom. The molecule has 0 bridgehead atoms. The van der Waals surface area contributed by atoms with Crippen LogP contribution in [-0.2, 0) is 4.18 Å². The van der Waals surface area contributed by atoms with Gasteiger partial charge in [0.05, 0.1) is 5.69 Å². The summed E-state index contributed by atoms with van der Waals surface area (Å²) < 4.78 is 5.34. The van der Waals surface area contributed by atoms with Gasteiger partial charge in [-0.05, 0) is 37.9 Å². The van der Waals surface area contributed by atoms with Gasteiger partial charge in [0.15, 0.2) is 5.56 Å². The van der Waals surface area contributed by atoms with Gasteiger partial charge in [0, 0.05) is 10.9 Å². The van der Waals surface area contributed by atoms with Gasteiger partial charge in [0.1, 0.15) is 0 Å². The van der Waals surface area contributed by atoms with Gasteiger partial charge in [-0.25, -0.2) is 0 Å². The fourth-order valence-electron chi connectivity index (χ4n) is 2.85. The van der Waals surface area contributed by atoms with Crippen molar-refractivity contribution in [1.82, 2.24) is 0 Å². The lowest BCUT2D eigenvalue weighted by atomic mass is 9.94. The maximum absolute atomic E-state index is 5.34. The summed E-state index contributed by atoms with van der Waals surface area (Å²) in [4.78, 5) is 3.74. The zero-order chi connectivity index (χ0) is 11.7. The van der Waals surface area contributed by atoms with Crippen LogP contribution in [0.1, 0.15) is 32.1 Å². The van der Waals surface area contributed by atoms with Crippen molar-refractivity contribution in [3.8, 4) is 0 Å². The molecule has 4 heteroatoms. The van der Waals surface area contributed by atoms with E-state index >= 15 is 0 Å². The first-order valence-corrected chi connectivity index (χ1v) is 7.49. The molecular weight excluding hydrogens is 250 g/mol. The highest BCUT2D eigenvalue weighted by atomic mass is 32.2. The lowest BCUT2D eigenvalue weighted by molar-refractivity contribution is 0.294. The zero-order valence-electron chi connectivity index (χ0n) is 9.71. The smallest absolute Gasteiger partial charge is 0.196 e. The first-order valence-electron chi connectivity index (χ1n) is 6.24. The largest absolute Gasteiger partial charge is 0.332 e. The van der Waals surface area contributed by atoms with Crippen LogP contribution in [0.15, 0.2) is 29.2 Å². The van der Waals surface area contributed by atoms with Crippen LogP contribution in [0.5, 0.6) is 0 Å². The average Bonchev–Trinajstić information content (AvgIpc) is 2.78. The third-order valence-corrected chi connectivity index (χ3v) is 5.12. The van der Waals surface area contributed by atoms with Crippen LogP contribution in [0, 0.1) is 0 Å². The maximum Gasteiger partial charge on any atom is 0.196 e. The Kier molecular flexibility index (Phi) is 3.54. The molecule has 92 valence electrons. The van der Waals surface area contributed by atoms with E-state index in [2.05, 4.69) is 42.1 Å². The molecule has 1 aromatic rings. The number of benzene rings is 1. The third-order valence-electron chi connectivity index (χ3n) is 3.66. The van der Waals surface area contributed by atoms with E-state index in [0.717, 1.165) is 0 Å². The highest BCUT2D eigenvalue weighted by Gasteiger charge is 2.35. The Balaban J connectivity index is 1.89. The van der Waals surface area contributed by atoms with E-state index in [4.69, 9.17) is 4.18 Å². The van der Waals surface area contributed by atoms with Crippen LogP contribution in [0.25, 0.3) is 0 Å². The van der Waals surface area contributed by atoms with Crippen molar-refractivity contribution in [2.24, 2.45) is 0 Å². The van der Waals surface area contributed by atoms with Crippen molar-refractivity contribution >= 4 is 30.4 Å². The molecule has 3 rings (SSSR count). The molecule has 1 aromatic carbocycles. The van der Waals surface area contributed by atoms with Crippen LogP contribution in [0.2, 0.25) is 0 Å². The Bertz CT molecular complexity index is 393. The van der Waals surface area contributed by atoms with Crippen LogP contribution < -0.4 is 4.90 Å². The summed E-state index contributed by atoms with van der Waals surface area (Å²) >= 11 is 5.80. The number of fused-ring (bicyclic) bond motifs is 1. The number of para-hydroxylation sites is 1. The van der Waals surface area contributed by atoms with Gasteiger partial charge < -0.3 is 4.90 Å². The summed E-state index contributed by atoms with van der Waals surface area (Å²) in [6.45, 7) is 0. The van der Waals surface area contributed by atoms with Crippen LogP contribution in [0.4, 0.5) is 5.69 Å². The Hall–Kier alpha value is -0.320. The highest BCUT2D eigenvalue weighted by Crippen LogP contribution is 2.46. The van der Waals surface area contributed by atoms with E-state index in [1.807, 2.05) is 0 Å². The fourth-order valence-corrected chi connectivity index (χ4v) is 4.19. The van der Waals surface area contributed by atoms with Gasteiger partial charge in [0.25, 0.3) is 0 Å². The minimum absolute atomic E-state index is 0.0406. The SMILES string of the molecule is SOC1Sc2ccccc2N1C1CCCCC1. The van der Waals surface area contributed by atoms with E-state index in [9.17, 15) is 0 Å². The molecule has 0 aromatic heterocycles.